The summed E-state index contributed by atoms with van der Waals surface area (Å²) in [5, 5.41) is 3.49. The van der Waals surface area contributed by atoms with Gasteiger partial charge in [0.2, 0.25) is 5.91 Å². The Morgan fingerprint density at radius 1 is 1.12 bits per heavy atom. The van der Waals surface area contributed by atoms with E-state index in [-0.39, 0.29) is 24.8 Å². The Bertz CT molecular complexity index is 1070. The summed E-state index contributed by atoms with van der Waals surface area (Å²) in [6.45, 7) is 8.77. The third kappa shape index (κ3) is 6.06. The van der Waals surface area contributed by atoms with Crippen molar-refractivity contribution in [2.45, 2.75) is 46.6 Å². The van der Waals surface area contributed by atoms with Gasteiger partial charge in [0.05, 0.1) is 18.7 Å². The second-order valence-electron chi connectivity index (χ2n) is 8.81. The van der Waals surface area contributed by atoms with Crippen LogP contribution in [0.2, 0.25) is 5.02 Å². The van der Waals surface area contributed by atoms with Gasteiger partial charge in [0.15, 0.2) is 0 Å². The lowest BCUT2D eigenvalue weighted by atomic mass is 9.83. The molecule has 0 saturated heterocycles. The molecular weight excluding hydrogens is 452 g/mol. The van der Waals surface area contributed by atoms with Crippen LogP contribution in [-0.4, -0.2) is 35.8 Å². The highest BCUT2D eigenvalue weighted by molar-refractivity contribution is 6.30. The number of ether oxygens (including phenoxy) is 1. The molecule has 2 amide bonds. The SMILES string of the molecule is CCOC(=O)C1=C(C)N(Cc2ccc(C(=O)NCC(C)C)cc2)C(=O)C[C@@H]1c1ccc(Cl)cc1. The van der Waals surface area contributed by atoms with Gasteiger partial charge in [-0.15, -0.1) is 0 Å². The van der Waals surface area contributed by atoms with Crippen LogP contribution >= 0.6 is 11.6 Å². The second-order valence-corrected chi connectivity index (χ2v) is 9.24. The Kier molecular flexibility index (Phi) is 8.51. The number of carbonyl (C=O) groups excluding carboxylic acids is 3. The predicted octanol–water partition coefficient (Wildman–Crippen LogP) is 5.08. The first kappa shape index (κ1) is 25.5. The Hall–Kier alpha value is -3.12. The number of allylic oxidation sites excluding steroid dienone is 1. The number of amides is 2. The maximum Gasteiger partial charge on any atom is 0.336 e. The summed E-state index contributed by atoms with van der Waals surface area (Å²) in [6.07, 6.45) is 0.156. The maximum absolute atomic E-state index is 13.2. The molecule has 0 aliphatic carbocycles. The summed E-state index contributed by atoms with van der Waals surface area (Å²) < 4.78 is 5.34. The predicted molar refractivity (Wildman–Crippen MR) is 132 cm³/mol. The molecule has 0 saturated carbocycles. The van der Waals surface area contributed by atoms with Crippen LogP contribution in [0, 0.1) is 5.92 Å². The fraction of sp³-hybridized carbons (Fsp3) is 0.370. The van der Waals surface area contributed by atoms with Gasteiger partial charge in [0.1, 0.15) is 0 Å². The minimum atomic E-state index is -0.422. The van der Waals surface area contributed by atoms with E-state index in [0.717, 1.165) is 11.1 Å². The van der Waals surface area contributed by atoms with Gasteiger partial charge in [-0.3, -0.25) is 9.59 Å². The molecule has 0 fully saturated rings. The smallest absolute Gasteiger partial charge is 0.336 e. The molecule has 1 N–H and O–H groups in total. The van der Waals surface area contributed by atoms with Crippen LogP contribution < -0.4 is 5.32 Å². The maximum atomic E-state index is 13.2. The highest BCUT2D eigenvalue weighted by Gasteiger charge is 2.36. The first-order chi connectivity index (χ1) is 16.2. The molecule has 0 aromatic heterocycles. The molecule has 2 aromatic carbocycles. The van der Waals surface area contributed by atoms with Crippen LogP contribution in [0.15, 0.2) is 59.8 Å². The largest absolute Gasteiger partial charge is 0.463 e. The second kappa shape index (κ2) is 11.3. The van der Waals surface area contributed by atoms with Crippen molar-refractivity contribution in [3.63, 3.8) is 0 Å². The quantitative estimate of drug-likeness (QED) is 0.532. The Labute approximate surface area is 205 Å². The first-order valence-electron chi connectivity index (χ1n) is 11.5. The molecule has 6 nitrogen and oxygen atoms in total. The van der Waals surface area contributed by atoms with Gasteiger partial charge in [-0.2, -0.15) is 0 Å². The van der Waals surface area contributed by atoms with Crippen LogP contribution in [0.3, 0.4) is 0 Å². The minimum Gasteiger partial charge on any atom is -0.463 e. The summed E-state index contributed by atoms with van der Waals surface area (Å²) in [5.41, 5.74) is 3.33. The van der Waals surface area contributed by atoms with Crippen LogP contribution in [-0.2, 0) is 20.9 Å². The topological polar surface area (TPSA) is 75.7 Å². The highest BCUT2D eigenvalue weighted by Crippen LogP contribution is 2.38. The number of esters is 1. The lowest BCUT2D eigenvalue weighted by Gasteiger charge is -2.34. The van der Waals surface area contributed by atoms with Gasteiger partial charge in [0, 0.05) is 35.2 Å². The summed E-state index contributed by atoms with van der Waals surface area (Å²) >= 11 is 6.03. The Balaban J connectivity index is 1.86. The van der Waals surface area contributed by atoms with E-state index >= 15 is 0 Å². The number of benzene rings is 2. The van der Waals surface area contributed by atoms with E-state index in [0.29, 0.717) is 40.9 Å². The molecule has 180 valence electrons. The number of rotatable bonds is 8. The molecule has 34 heavy (non-hydrogen) atoms. The van der Waals surface area contributed by atoms with Gasteiger partial charge >= 0.3 is 5.97 Å². The lowest BCUT2D eigenvalue weighted by molar-refractivity contribution is -0.140. The van der Waals surface area contributed by atoms with Crippen molar-refractivity contribution < 1.29 is 19.1 Å². The van der Waals surface area contributed by atoms with Crippen LogP contribution in [0.4, 0.5) is 0 Å². The molecule has 0 bridgehead atoms. The van der Waals surface area contributed by atoms with Gasteiger partial charge in [-0.25, -0.2) is 4.79 Å². The monoisotopic (exact) mass is 482 g/mol. The van der Waals surface area contributed by atoms with E-state index in [1.54, 1.807) is 43.0 Å². The fourth-order valence-corrected chi connectivity index (χ4v) is 4.13. The number of hydrogen-bond acceptors (Lipinski definition) is 4. The van der Waals surface area contributed by atoms with Crippen molar-refractivity contribution >= 4 is 29.4 Å². The number of halogens is 1. The molecule has 0 radical (unpaired) electrons. The summed E-state index contributed by atoms with van der Waals surface area (Å²) in [6, 6.07) is 14.4. The van der Waals surface area contributed by atoms with Gasteiger partial charge in [-0.1, -0.05) is 49.7 Å². The zero-order valence-electron chi connectivity index (χ0n) is 20.1. The molecule has 1 atom stereocenters. The van der Waals surface area contributed by atoms with Crippen molar-refractivity contribution in [1.82, 2.24) is 10.2 Å². The molecule has 7 heteroatoms. The molecule has 0 unspecified atom stereocenters. The normalized spacial score (nSPS) is 16.1. The summed E-state index contributed by atoms with van der Waals surface area (Å²) in [5.74, 6) is -0.653. The van der Waals surface area contributed by atoms with Gasteiger partial charge in [0.25, 0.3) is 5.91 Å². The van der Waals surface area contributed by atoms with Crippen molar-refractivity contribution in [1.29, 1.82) is 0 Å². The number of nitrogens with zero attached hydrogens (tertiary/aromatic N) is 1. The number of hydrogen-bond donors (Lipinski definition) is 1. The average Bonchev–Trinajstić information content (AvgIpc) is 2.80. The zero-order chi connectivity index (χ0) is 24.8. The minimum absolute atomic E-state index is 0.0794. The molecule has 0 spiro atoms. The first-order valence-corrected chi connectivity index (χ1v) is 11.9. The van der Waals surface area contributed by atoms with E-state index in [1.807, 2.05) is 38.1 Å². The van der Waals surface area contributed by atoms with E-state index in [4.69, 9.17) is 16.3 Å². The molecule has 1 aliphatic rings. The van der Waals surface area contributed by atoms with E-state index in [1.165, 1.54) is 0 Å². The van der Waals surface area contributed by atoms with Crippen molar-refractivity contribution in [3.05, 3.63) is 81.5 Å². The molecule has 1 aliphatic heterocycles. The third-order valence-corrected chi connectivity index (χ3v) is 6.07. The van der Waals surface area contributed by atoms with Crippen molar-refractivity contribution in [2.24, 2.45) is 5.92 Å². The van der Waals surface area contributed by atoms with Crippen LogP contribution in [0.5, 0.6) is 0 Å². The molecule has 2 aromatic rings. The van der Waals surface area contributed by atoms with E-state index in [9.17, 15) is 14.4 Å². The number of carbonyl (C=O) groups is 3. The zero-order valence-corrected chi connectivity index (χ0v) is 20.8. The van der Waals surface area contributed by atoms with Gasteiger partial charge in [-0.05, 0) is 55.2 Å². The molecular formula is C27H31ClN2O4. The van der Waals surface area contributed by atoms with Crippen LogP contribution in [0.1, 0.15) is 61.5 Å². The molecule has 3 rings (SSSR count). The number of nitrogens with one attached hydrogen (secondary N) is 1. The fourth-order valence-electron chi connectivity index (χ4n) is 4.00. The Morgan fingerprint density at radius 2 is 1.76 bits per heavy atom. The van der Waals surface area contributed by atoms with Crippen molar-refractivity contribution in [3.8, 4) is 0 Å². The van der Waals surface area contributed by atoms with E-state index < -0.39 is 11.9 Å². The van der Waals surface area contributed by atoms with Crippen molar-refractivity contribution in [2.75, 3.05) is 13.2 Å². The average molecular weight is 483 g/mol. The standard InChI is InChI=1S/C27H31ClN2O4/c1-5-34-27(33)25-18(4)30(24(31)14-23(25)20-10-12-22(28)13-11-20)16-19-6-8-21(9-7-19)26(32)29-15-17(2)3/h6-13,17,23H,5,14-16H2,1-4H3,(H,29,32)/t23-/m1/s1. The summed E-state index contributed by atoms with van der Waals surface area (Å²) in [7, 11) is 0. The highest BCUT2D eigenvalue weighted by atomic mass is 35.5. The lowest BCUT2D eigenvalue weighted by Crippen LogP contribution is -2.38. The Morgan fingerprint density at radius 3 is 2.35 bits per heavy atom. The van der Waals surface area contributed by atoms with Gasteiger partial charge < -0.3 is 15.0 Å². The third-order valence-electron chi connectivity index (χ3n) is 5.82. The van der Waals surface area contributed by atoms with Crippen LogP contribution in [0.25, 0.3) is 0 Å². The molecule has 1 heterocycles. The summed E-state index contributed by atoms with van der Waals surface area (Å²) in [4.78, 5) is 40.0. The van der Waals surface area contributed by atoms with E-state index in [2.05, 4.69) is 5.32 Å².